The number of hydrogen-bond donors (Lipinski definition) is 1. The molecular weight excluding hydrogens is 452 g/mol. The number of methoxy groups -OCH3 is 3. The van der Waals surface area contributed by atoms with E-state index >= 15 is 0 Å². The molecule has 35 heavy (non-hydrogen) atoms. The van der Waals surface area contributed by atoms with Crippen LogP contribution in [0.1, 0.15) is 11.1 Å². The zero-order valence-corrected chi connectivity index (χ0v) is 19.7. The molecule has 0 saturated heterocycles. The second-order valence-electron chi connectivity index (χ2n) is 7.74. The zero-order chi connectivity index (χ0) is 24.8. The maximum atomic E-state index is 12.8. The lowest BCUT2D eigenvalue weighted by Crippen LogP contribution is -2.33. The molecule has 2 heterocycles. The number of nitrogens with zero attached hydrogens (tertiary/aromatic N) is 5. The van der Waals surface area contributed by atoms with Crippen LogP contribution in [0.5, 0.6) is 17.2 Å². The average molecular weight is 479 g/mol. The van der Waals surface area contributed by atoms with Crippen LogP contribution >= 0.6 is 0 Å². The molecule has 0 aliphatic heterocycles. The van der Waals surface area contributed by atoms with Crippen LogP contribution < -0.4 is 25.1 Å². The number of carbonyl (C=O) groups excluding carboxylic acids is 1. The van der Waals surface area contributed by atoms with E-state index in [0.717, 1.165) is 16.9 Å². The van der Waals surface area contributed by atoms with Gasteiger partial charge in [-0.05, 0) is 41.8 Å². The van der Waals surface area contributed by atoms with E-state index < -0.39 is 5.56 Å². The molecule has 182 valence electrons. The van der Waals surface area contributed by atoms with E-state index in [1.165, 1.54) is 10.9 Å². The topological polar surface area (TPSA) is 122 Å². The highest BCUT2D eigenvalue weighted by molar-refractivity contribution is 5.76. The van der Waals surface area contributed by atoms with Gasteiger partial charge in [0, 0.05) is 6.54 Å². The number of amides is 1. The fraction of sp³-hybridized carbons (Fsp3) is 0.292. The molecule has 0 aliphatic carbocycles. The number of aromatic nitrogens is 5. The highest BCUT2D eigenvalue weighted by Crippen LogP contribution is 2.27. The lowest BCUT2D eigenvalue weighted by atomic mass is 10.1. The van der Waals surface area contributed by atoms with Gasteiger partial charge in [0.2, 0.25) is 5.91 Å². The molecule has 1 amide bonds. The van der Waals surface area contributed by atoms with E-state index in [2.05, 4.69) is 20.6 Å². The third kappa shape index (κ3) is 5.40. The molecule has 11 heteroatoms. The van der Waals surface area contributed by atoms with Crippen molar-refractivity contribution in [3.63, 3.8) is 0 Å². The van der Waals surface area contributed by atoms with Crippen molar-refractivity contribution in [1.82, 2.24) is 29.9 Å². The molecule has 0 radical (unpaired) electrons. The van der Waals surface area contributed by atoms with E-state index in [1.54, 1.807) is 26.0 Å². The van der Waals surface area contributed by atoms with Crippen LogP contribution in [0.2, 0.25) is 0 Å². The molecule has 2 aromatic carbocycles. The van der Waals surface area contributed by atoms with Gasteiger partial charge in [-0.15, -0.1) is 5.10 Å². The predicted molar refractivity (Wildman–Crippen MR) is 128 cm³/mol. The van der Waals surface area contributed by atoms with Gasteiger partial charge in [0.25, 0.3) is 5.56 Å². The Bertz CT molecular complexity index is 1400. The van der Waals surface area contributed by atoms with Crippen molar-refractivity contribution < 1.29 is 19.0 Å². The minimum Gasteiger partial charge on any atom is -0.497 e. The van der Waals surface area contributed by atoms with Crippen LogP contribution in [0, 0.1) is 0 Å². The summed E-state index contributed by atoms with van der Waals surface area (Å²) >= 11 is 0. The van der Waals surface area contributed by atoms with Gasteiger partial charge in [-0.2, -0.15) is 0 Å². The summed E-state index contributed by atoms with van der Waals surface area (Å²) in [5.74, 6) is 1.68. The molecular formula is C24H26N6O5. The Hall–Kier alpha value is -4.41. The predicted octanol–water partition coefficient (Wildman–Crippen LogP) is 1.42. The van der Waals surface area contributed by atoms with Crippen molar-refractivity contribution >= 4 is 17.1 Å². The third-order valence-corrected chi connectivity index (χ3v) is 5.46. The molecule has 1 N–H and O–H groups in total. The Labute approximate surface area is 201 Å². The summed E-state index contributed by atoms with van der Waals surface area (Å²) in [5, 5.41) is 10.9. The third-order valence-electron chi connectivity index (χ3n) is 5.46. The van der Waals surface area contributed by atoms with Crippen molar-refractivity contribution in [2.24, 2.45) is 0 Å². The first-order valence-electron chi connectivity index (χ1n) is 10.9. The number of ether oxygens (including phenoxy) is 3. The molecule has 0 aliphatic rings. The van der Waals surface area contributed by atoms with Crippen LogP contribution in [0.4, 0.5) is 0 Å². The number of benzene rings is 2. The van der Waals surface area contributed by atoms with Crippen LogP contribution in [0.3, 0.4) is 0 Å². The fourth-order valence-electron chi connectivity index (χ4n) is 3.64. The van der Waals surface area contributed by atoms with Gasteiger partial charge < -0.3 is 19.5 Å². The van der Waals surface area contributed by atoms with Crippen LogP contribution in [0.25, 0.3) is 11.2 Å². The highest BCUT2D eigenvalue weighted by atomic mass is 16.5. The molecule has 0 bridgehead atoms. The van der Waals surface area contributed by atoms with E-state index in [-0.39, 0.29) is 18.0 Å². The maximum absolute atomic E-state index is 12.8. The fourth-order valence-corrected chi connectivity index (χ4v) is 3.64. The van der Waals surface area contributed by atoms with Crippen molar-refractivity contribution in [2.75, 3.05) is 27.9 Å². The standard InChI is InChI=1S/C24H26N6O5/c1-33-18-6-4-5-17(11-18)13-30-23-22(27-28-30)24(32)29(15-26-23)14-21(31)25-10-9-16-7-8-19(34-2)20(12-16)35-3/h4-8,11-12,15H,9-10,13-14H2,1-3H3,(H,25,31). The first-order chi connectivity index (χ1) is 17.0. The van der Waals surface area contributed by atoms with E-state index in [9.17, 15) is 9.59 Å². The van der Waals surface area contributed by atoms with E-state index in [0.29, 0.717) is 36.7 Å². The Kier molecular flexibility index (Phi) is 7.24. The molecule has 0 atom stereocenters. The van der Waals surface area contributed by atoms with Crippen LogP contribution in [-0.4, -0.2) is 58.3 Å². The van der Waals surface area contributed by atoms with Gasteiger partial charge in [0.15, 0.2) is 22.7 Å². The highest BCUT2D eigenvalue weighted by Gasteiger charge is 2.14. The number of fused-ring (bicyclic) bond motifs is 1. The quantitative estimate of drug-likeness (QED) is 0.363. The summed E-state index contributed by atoms with van der Waals surface area (Å²) < 4.78 is 18.5. The Morgan fingerprint density at radius 3 is 2.60 bits per heavy atom. The number of carbonyl (C=O) groups is 1. The monoisotopic (exact) mass is 478 g/mol. The minimum absolute atomic E-state index is 0.105. The Balaban J connectivity index is 1.39. The molecule has 4 aromatic rings. The van der Waals surface area contributed by atoms with Crippen LogP contribution in [-0.2, 0) is 24.3 Å². The van der Waals surface area contributed by atoms with Crippen molar-refractivity contribution in [1.29, 1.82) is 0 Å². The smallest absolute Gasteiger partial charge is 0.283 e. The van der Waals surface area contributed by atoms with Crippen molar-refractivity contribution in [3.05, 3.63) is 70.3 Å². The van der Waals surface area contributed by atoms with E-state index in [4.69, 9.17) is 14.2 Å². The number of hydrogen-bond acceptors (Lipinski definition) is 8. The van der Waals surface area contributed by atoms with Gasteiger partial charge in [-0.25, -0.2) is 9.67 Å². The Morgan fingerprint density at radius 1 is 1.00 bits per heavy atom. The normalized spacial score (nSPS) is 10.8. The van der Waals surface area contributed by atoms with Gasteiger partial charge in [0.1, 0.15) is 18.6 Å². The average Bonchev–Trinajstić information content (AvgIpc) is 3.29. The maximum Gasteiger partial charge on any atom is 0.283 e. The van der Waals surface area contributed by atoms with Crippen molar-refractivity contribution in [3.8, 4) is 17.2 Å². The molecule has 0 spiro atoms. The molecule has 2 aromatic heterocycles. The lowest BCUT2D eigenvalue weighted by molar-refractivity contribution is -0.121. The van der Waals surface area contributed by atoms with Gasteiger partial charge >= 0.3 is 0 Å². The molecule has 0 saturated carbocycles. The first kappa shape index (κ1) is 23.7. The second kappa shape index (κ2) is 10.7. The first-order valence-corrected chi connectivity index (χ1v) is 10.9. The van der Waals surface area contributed by atoms with E-state index in [1.807, 2.05) is 42.5 Å². The SMILES string of the molecule is COc1cccc(Cn2nnc3c(=O)n(CC(=O)NCCc4ccc(OC)c(OC)c4)cnc32)c1. The number of nitrogens with one attached hydrogen (secondary N) is 1. The largest absolute Gasteiger partial charge is 0.497 e. The van der Waals surface area contributed by atoms with Crippen LogP contribution in [0.15, 0.2) is 53.6 Å². The molecule has 11 nitrogen and oxygen atoms in total. The second-order valence-corrected chi connectivity index (χ2v) is 7.74. The van der Waals surface area contributed by atoms with Gasteiger partial charge in [0.05, 0.1) is 27.9 Å². The van der Waals surface area contributed by atoms with Crippen molar-refractivity contribution in [2.45, 2.75) is 19.5 Å². The zero-order valence-electron chi connectivity index (χ0n) is 19.7. The summed E-state index contributed by atoms with van der Waals surface area (Å²) in [7, 11) is 4.75. The Morgan fingerprint density at radius 2 is 1.83 bits per heavy atom. The summed E-state index contributed by atoms with van der Waals surface area (Å²) in [6.45, 7) is 0.604. The summed E-state index contributed by atoms with van der Waals surface area (Å²) in [6, 6.07) is 13.1. The molecule has 4 rings (SSSR count). The van der Waals surface area contributed by atoms with Gasteiger partial charge in [-0.3, -0.25) is 14.2 Å². The minimum atomic E-state index is -0.429. The lowest BCUT2D eigenvalue weighted by Gasteiger charge is -2.10. The summed E-state index contributed by atoms with van der Waals surface area (Å²) in [6.07, 6.45) is 1.93. The molecule has 0 fully saturated rings. The summed E-state index contributed by atoms with van der Waals surface area (Å²) in [5.41, 5.74) is 1.94. The van der Waals surface area contributed by atoms with Gasteiger partial charge in [-0.1, -0.05) is 23.4 Å². The molecule has 0 unspecified atom stereocenters. The summed E-state index contributed by atoms with van der Waals surface area (Å²) in [4.78, 5) is 29.6. The number of rotatable bonds is 10.